The van der Waals surface area contributed by atoms with E-state index in [0.29, 0.717) is 11.1 Å². The lowest BCUT2D eigenvalue weighted by Gasteiger charge is -2.36. The average molecular weight is 365 g/mol. The Bertz CT molecular complexity index is 602. The molecule has 0 radical (unpaired) electrons. The molecule has 6 nitrogen and oxygen atoms in total. The summed E-state index contributed by atoms with van der Waals surface area (Å²) < 4.78 is 12.1. The molecule has 2 rings (SSSR count). The van der Waals surface area contributed by atoms with Gasteiger partial charge in [-0.15, -0.1) is 0 Å². The Hall–Kier alpha value is -1.63. The fourth-order valence-corrected chi connectivity index (χ4v) is 3.16. The van der Waals surface area contributed by atoms with Gasteiger partial charge in [-0.05, 0) is 50.8 Å². The Morgan fingerprint density at radius 1 is 1.31 bits per heavy atom. The molecule has 1 heterocycles. The second-order valence-corrected chi connectivity index (χ2v) is 7.25. The summed E-state index contributed by atoms with van der Waals surface area (Å²) in [5, 5.41) is 19.7. The fourth-order valence-electron chi connectivity index (χ4n) is 3.16. The predicted octanol–water partition coefficient (Wildman–Crippen LogP) is 3.23. The van der Waals surface area contributed by atoms with Gasteiger partial charge in [-0.3, -0.25) is 4.79 Å². The smallest absolute Gasteiger partial charge is 0.253 e. The molecule has 1 fully saturated rings. The Labute approximate surface area is 155 Å². The van der Waals surface area contributed by atoms with E-state index < -0.39 is 6.29 Å². The lowest BCUT2D eigenvalue weighted by molar-refractivity contribution is -0.249. The van der Waals surface area contributed by atoms with Gasteiger partial charge in [0.2, 0.25) is 0 Å². The average Bonchev–Trinajstić information content (AvgIpc) is 2.60. The van der Waals surface area contributed by atoms with Crippen molar-refractivity contribution < 1.29 is 24.5 Å². The Kier molecular flexibility index (Phi) is 7.43. The molecule has 1 aromatic carbocycles. The van der Waals surface area contributed by atoms with Crippen LogP contribution in [-0.2, 0) is 9.47 Å². The second-order valence-electron chi connectivity index (χ2n) is 7.25. The molecule has 3 unspecified atom stereocenters. The summed E-state index contributed by atoms with van der Waals surface area (Å²) >= 11 is 0. The number of aliphatic hydroxyl groups is 1. The minimum absolute atomic E-state index is 0.00468. The number of phenols is 1. The lowest BCUT2D eigenvalue weighted by atomic mass is 10.0. The minimum atomic E-state index is -0.694. The Balaban J connectivity index is 2.17. The van der Waals surface area contributed by atoms with Gasteiger partial charge >= 0.3 is 0 Å². The molecular weight excluding hydrogens is 334 g/mol. The Morgan fingerprint density at radius 2 is 2.00 bits per heavy atom. The summed E-state index contributed by atoms with van der Waals surface area (Å²) in [5.41, 5.74) is 0.968. The number of hydrogen-bond acceptors (Lipinski definition) is 5. The fraction of sp³-hybridized carbons (Fsp3) is 0.650. The van der Waals surface area contributed by atoms with Gasteiger partial charge < -0.3 is 24.6 Å². The molecule has 146 valence electrons. The number of carbonyl (C=O) groups excluding carboxylic acids is 1. The van der Waals surface area contributed by atoms with E-state index in [1.165, 1.54) is 11.0 Å². The maximum Gasteiger partial charge on any atom is 0.253 e. The van der Waals surface area contributed by atoms with Crippen molar-refractivity contribution in [2.75, 3.05) is 14.1 Å². The van der Waals surface area contributed by atoms with Crippen LogP contribution in [0.1, 0.15) is 68.2 Å². The van der Waals surface area contributed by atoms with Crippen LogP contribution in [0.5, 0.6) is 5.75 Å². The van der Waals surface area contributed by atoms with Crippen LogP contribution in [0.15, 0.2) is 18.2 Å². The molecule has 0 saturated carbocycles. The largest absolute Gasteiger partial charge is 0.507 e. The highest BCUT2D eigenvalue weighted by atomic mass is 16.7. The van der Waals surface area contributed by atoms with Gasteiger partial charge in [0, 0.05) is 26.1 Å². The van der Waals surface area contributed by atoms with E-state index in [-0.39, 0.29) is 30.0 Å². The van der Waals surface area contributed by atoms with Crippen molar-refractivity contribution in [3.63, 3.8) is 0 Å². The van der Waals surface area contributed by atoms with Crippen LogP contribution in [0.25, 0.3) is 0 Å². The summed E-state index contributed by atoms with van der Waals surface area (Å²) in [7, 11) is 3.38. The molecule has 1 saturated heterocycles. The number of amides is 1. The highest BCUT2D eigenvalue weighted by Gasteiger charge is 2.32. The summed E-state index contributed by atoms with van der Waals surface area (Å²) in [6.07, 6.45) is 3.12. The van der Waals surface area contributed by atoms with Gasteiger partial charge in [-0.25, -0.2) is 0 Å². The number of carbonyl (C=O) groups is 1. The standard InChI is InChI=1S/C20H31NO5/c1-5-15-12-16(8-6-7-13(2)22)26-20(25-15)17-11-14(9-10-18(17)23)19(24)21(3)4/h9-11,13,15-16,20,22-23H,5-8,12H2,1-4H3/t13-,15?,16?,20?/m0/s1. The van der Waals surface area contributed by atoms with Crippen molar-refractivity contribution in [1.82, 2.24) is 4.90 Å². The molecule has 2 N–H and O–H groups in total. The van der Waals surface area contributed by atoms with Crippen LogP contribution in [0.4, 0.5) is 0 Å². The van der Waals surface area contributed by atoms with Gasteiger partial charge in [0.25, 0.3) is 5.91 Å². The van der Waals surface area contributed by atoms with Gasteiger partial charge in [-0.1, -0.05) is 6.92 Å². The molecule has 0 spiro atoms. The first-order chi connectivity index (χ1) is 12.3. The number of nitrogens with zero attached hydrogens (tertiary/aromatic N) is 1. The summed E-state index contributed by atoms with van der Waals surface area (Å²) in [5.74, 6) is -0.0765. The molecule has 1 amide bonds. The third kappa shape index (κ3) is 5.43. The van der Waals surface area contributed by atoms with Gasteiger partial charge in [-0.2, -0.15) is 0 Å². The zero-order valence-corrected chi connectivity index (χ0v) is 16.1. The number of ether oxygens (including phenoxy) is 2. The SMILES string of the molecule is CCC1CC(CCC[C@H](C)O)OC(c2cc(C(=O)N(C)C)ccc2O)O1. The zero-order valence-electron chi connectivity index (χ0n) is 16.1. The maximum absolute atomic E-state index is 12.2. The maximum atomic E-state index is 12.2. The van der Waals surface area contributed by atoms with Crippen LogP contribution in [0.3, 0.4) is 0 Å². The molecule has 1 aliphatic rings. The third-order valence-electron chi connectivity index (χ3n) is 4.70. The van der Waals surface area contributed by atoms with Crippen LogP contribution in [0, 0.1) is 0 Å². The van der Waals surface area contributed by atoms with E-state index in [4.69, 9.17) is 9.47 Å². The minimum Gasteiger partial charge on any atom is -0.507 e. The lowest BCUT2D eigenvalue weighted by Crippen LogP contribution is -2.33. The summed E-state index contributed by atoms with van der Waals surface area (Å²) in [6, 6.07) is 4.76. The molecule has 1 aromatic rings. The van der Waals surface area contributed by atoms with E-state index >= 15 is 0 Å². The van der Waals surface area contributed by atoms with Gasteiger partial charge in [0.05, 0.1) is 23.9 Å². The van der Waals surface area contributed by atoms with Crippen molar-refractivity contribution >= 4 is 5.91 Å². The van der Waals surface area contributed by atoms with E-state index in [0.717, 1.165) is 32.1 Å². The first kappa shape index (κ1) is 20.7. The van der Waals surface area contributed by atoms with E-state index in [9.17, 15) is 15.0 Å². The highest BCUT2D eigenvalue weighted by molar-refractivity contribution is 5.94. The molecule has 0 aromatic heterocycles. The van der Waals surface area contributed by atoms with E-state index in [1.54, 1.807) is 33.2 Å². The quantitative estimate of drug-likeness (QED) is 0.775. The van der Waals surface area contributed by atoms with Crippen LogP contribution in [0.2, 0.25) is 0 Å². The number of aliphatic hydroxyl groups excluding tert-OH is 1. The molecular formula is C20H31NO5. The number of hydrogen-bond donors (Lipinski definition) is 2. The zero-order chi connectivity index (χ0) is 19.3. The van der Waals surface area contributed by atoms with Crippen LogP contribution >= 0.6 is 0 Å². The summed E-state index contributed by atoms with van der Waals surface area (Å²) in [4.78, 5) is 13.7. The van der Waals surface area contributed by atoms with Crippen molar-refractivity contribution in [2.24, 2.45) is 0 Å². The Morgan fingerprint density at radius 3 is 2.62 bits per heavy atom. The number of rotatable bonds is 7. The van der Waals surface area contributed by atoms with Gasteiger partial charge in [0.1, 0.15) is 5.75 Å². The van der Waals surface area contributed by atoms with Crippen LogP contribution < -0.4 is 0 Å². The van der Waals surface area contributed by atoms with E-state index in [1.807, 2.05) is 0 Å². The van der Waals surface area contributed by atoms with Crippen LogP contribution in [-0.4, -0.2) is 53.4 Å². The molecule has 4 atom stereocenters. The topological polar surface area (TPSA) is 79.2 Å². The third-order valence-corrected chi connectivity index (χ3v) is 4.70. The normalized spacial score (nSPS) is 24.3. The molecule has 0 aliphatic carbocycles. The molecule has 6 heteroatoms. The highest BCUT2D eigenvalue weighted by Crippen LogP contribution is 2.37. The molecule has 1 aliphatic heterocycles. The monoisotopic (exact) mass is 365 g/mol. The van der Waals surface area contributed by atoms with E-state index in [2.05, 4.69) is 6.92 Å². The number of phenolic OH excluding ortho intramolecular Hbond substituents is 1. The molecule has 0 bridgehead atoms. The summed E-state index contributed by atoms with van der Waals surface area (Å²) in [6.45, 7) is 3.85. The predicted molar refractivity (Wildman–Crippen MR) is 99.1 cm³/mol. The van der Waals surface area contributed by atoms with Crippen molar-refractivity contribution in [3.8, 4) is 5.75 Å². The van der Waals surface area contributed by atoms with Crippen molar-refractivity contribution in [1.29, 1.82) is 0 Å². The first-order valence-electron chi connectivity index (χ1n) is 9.35. The number of benzene rings is 1. The first-order valence-corrected chi connectivity index (χ1v) is 9.35. The van der Waals surface area contributed by atoms with Crippen molar-refractivity contribution in [3.05, 3.63) is 29.3 Å². The van der Waals surface area contributed by atoms with Gasteiger partial charge in [0.15, 0.2) is 6.29 Å². The number of aromatic hydroxyl groups is 1. The second kappa shape index (κ2) is 9.35. The van der Waals surface area contributed by atoms with Crippen molar-refractivity contribution in [2.45, 2.75) is 70.6 Å². The molecule has 26 heavy (non-hydrogen) atoms.